The Hall–Kier alpha value is -2.83. The van der Waals surface area contributed by atoms with Crippen molar-refractivity contribution < 1.29 is 23.9 Å². The minimum atomic E-state index is -1.11. The van der Waals surface area contributed by atoms with Crippen LogP contribution in [0.2, 0.25) is 0 Å². The van der Waals surface area contributed by atoms with Gasteiger partial charge in [0.2, 0.25) is 0 Å². The van der Waals surface area contributed by atoms with Gasteiger partial charge < -0.3 is 15.2 Å². The number of carbonyl (C=O) groups is 3. The van der Waals surface area contributed by atoms with Crippen LogP contribution in [0, 0.1) is 5.92 Å². The van der Waals surface area contributed by atoms with Gasteiger partial charge in [0, 0.05) is 11.6 Å². The second kappa shape index (κ2) is 9.34. The molecule has 0 heterocycles. The van der Waals surface area contributed by atoms with E-state index >= 15 is 0 Å². The summed E-state index contributed by atoms with van der Waals surface area (Å²) >= 11 is 0. The molecule has 0 aliphatic heterocycles. The van der Waals surface area contributed by atoms with Crippen LogP contribution in [0.15, 0.2) is 30.3 Å². The Bertz CT molecular complexity index is 625. The quantitative estimate of drug-likeness (QED) is 0.584. The van der Waals surface area contributed by atoms with E-state index in [1.54, 1.807) is 26.0 Å². The zero-order valence-electron chi connectivity index (χ0n) is 13.9. The van der Waals surface area contributed by atoms with Crippen molar-refractivity contribution in [3.05, 3.63) is 35.9 Å². The largest absolute Gasteiger partial charge is 0.493 e. The van der Waals surface area contributed by atoms with Gasteiger partial charge in [0.05, 0.1) is 6.61 Å². The fraction of sp³-hybridized carbons (Fsp3) is 0.353. The highest BCUT2D eigenvalue weighted by Gasteiger charge is 2.26. The number of para-hydroxylation sites is 1. The number of urea groups is 1. The van der Waals surface area contributed by atoms with Crippen LogP contribution in [0.25, 0.3) is 6.08 Å². The van der Waals surface area contributed by atoms with E-state index in [9.17, 15) is 14.4 Å². The van der Waals surface area contributed by atoms with Crippen molar-refractivity contribution in [1.29, 1.82) is 0 Å². The molecule has 7 heteroatoms. The standard InChI is InChI=1S/C17H22N2O5/c1-4-23-13-8-6-5-7-12(13)9-10-14(20)24-15(11(2)3)16(21)19-17(18)22/h5-11,15H,4H2,1-3H3,(H3,18,19,21,22)/b10-9+. The molecule has 0 fully saturated rings. The first kappa shape index (κ1) is 19.2. The summed E-state index contributed by atoms with van der Waals surface area (Å²) in [5.74, 6) is -1.15. The van der Waals surface area contributed by atoms with Crippen LogP contribution >= 0.6 is 0 Å². The molecule has 1 unspecified atom stereocenters. The topological polar surface area (TPSA) is 108 Å². The van der Waals surface area contributed by atoms with Crippen LogP contribution in [0.4, 0.5) is 4.79 Å². The first-order valence-corrected chi connectivity index (χ1v) is 7.56. The third-order valence-electron chi connectivity index (χ3n) is 2.97. The Morgan fingerprint density at radius 3 is 2.50 bits per heavy atom. The molecular weight excluding hydrogens is 312 g/mol. The van der Waals surface area contributed by atoms with Gasteiger partial charge in [-0.25, -0.2) is 9.59 Å². The van der Waals surface area contributed by atoms with Crippen molar-refractivity contribution >= 4 is 24.0 Å². The van der Waals surface area contributed by atoms with Gasteiger partial charge in [0.1, 0.15) is 5.75 Å². The lowest BCUT2D eigenvalue weighted by Crippen LogP contribution is -2.45. The SMILES string of the molecule is CCOc1ccccc1/C=C/C(=O)OC(C(=O)NC(N)=O)C(C)C. The summed E-state index contributed by atoms with van der Waals surface area (Å²) in [6.07, 6.45) is 1.62. The first-order chi connectivity index (χ1) is 11.3. The molecule has 0 aliphatic carbocycles. The molecule has 0 saturated carbocycles. The van der Waals surface area contributed by atoms with Gasteiger partial charge in [-0.05, 0) is 25.0 Å². The predicted octanol–water partition coefficient (Wildman–Crippen LogP) is 1.86. The van der Waals surface area contributed by atoms with Crippen LogP contribution < -0.4 is 15.8 Å². The lowest BCUT2D eigenvalue weighted by atomic mass is 10.1. The maximum Gasteiger partial charge on any atom is 0.331 e. The van der Waals surface area contributed by atoms with Crippen molar-refractivity contribution in [2.75, 3.05) is 6.61 Å². The van der Waals surface area contributed by atoms with E-state index < -0.39 is 24.0 Å². The summed E-state index contributed by atoms with van der Waals surface area (Å²) in [7, 11) is 0. The molecule has 3 N–H and O–H groups in total. The van der Waals surface area contributed by atoms with Crippen molar-refractivity contribution in [3.8, 4) is 5.75 Å². The highest BCUT2D eigenvalue weighted by molar-refractivity contribution is 5.97. The highest BCUT2D eigenvalue weighted by atomic mass is 16.5. The lowest BCUT2D eigenvalue weighted by molar-refractivity contribution is -0.153. The number of imide groups is 1. The Labute approximate surface area is 140 Å². The number of amides is 3. The predicted molar refractivity (Wildman–Crippen MR) is 89.1 cm³/mol. The Balaban J connectivity index is 2.79. The summed E-state index contributed by atoms with van der Waals surface area (Å²) in [6.45, 7) is 5.73. The molecule has 1 aromatic rings. The number of esters is 1. The third kappa shape index (κ3) is 6.12. The van der Waals surface area contributed by atoms with Crippen LogP contribution in [0.3, 0.4) is 0 Å². The monoisotopic (exact) mass is 334 g/mol. The Morgan fingerprint density at radius 2 is 1.92 bits per heavy atom. The van der Waals surface area contributed by atoms with Gasteiger partial charge in [-0.3, -0.25) is 10.1 Å². The molecule has 1 aromatic carbocycles. The summed E-state index contributed by atoms with van der Waals surface area (Å²) in [6, 6.07) is 6.21. The first-order valence-electron chi connectivity index (χ1n) is 7.56. The summed E-state index contributed by atoms with van der Waals surface area (Å²) in [4.78, 5) is 34.5. The molecule has 1 rings (SSSR count). The van der Waals surface area contributed by atoms with Gasteiger partial charge in [-0.2, -0.15) is 0 Å². The van der Waals surface area contributed by atoms with Gasteiger partial charge in [-0.15, -0.1) is 0 Å². The maximum absolute atomic E-state index is 11.9. The third-order valence-corrected chi connectivity index (χ3v) is 2.97. The fourth-order valence-electron chi connectivity index (χ4n) is 1.91. The zero-order valence-corrected chi connectivity index (χ0v) is 13.9. The molecule has 7 nitrogen and oxygen atoms in total. The Morgan fingerprint density at radius 1 is 1.25 bits per heavy atom. The number of carbonyl (C=O) groups excluding carboxylic acids is 3. The lowest BCUT2D eigenvalue weighted by Gasteiger charge is -2.18. The van der Waals surface area contributed by atoms with Gasteiger partial charge >= 0.3 is 12.0 Å². The van der Waals surface area contributed by atoms with Crippen LogP contribution in [-0.4, -0.2) is 30.6 Å². The van der Waals surface area contributed by atoms with E-state index in [-0.39, 0.29) is 5.92 Å². The molecule has 0 aliphatic rings. The smallest absolute Gasteiger partial charge is 0.331 e. The van der Waals surface area contributed by atoms with E-state index in [1.165, 1.54) is 12.2 Å². The van der Waals surface area contributed by atoms with E-state index in [1.807, 2.05) is 24.4 Å². The number of ether oxygens (including phenoxy) is 2. The average Bonchev–Trinajstić information content (AvgIpc) is 2.51. The molecule has 130 valence electrons. The fourth-order valence-corrected chi connectivity index (χ4v) is 1.91. The van der Waals surface area contributed by atoms with E-state index in [0.717, 1.165) is 0 Å². The number of primary amides is 1. The number of rotatable bonds is 7. The van der Waals surface area contributed by atoms with Crippen LogP contribution in [0.1, 0.15) is 26.3 Å². The van der Waals surface area contributed by atoms with Crippen molar-refractivity contribution in [3.63, 3.8) is 0 Å². The van der Waals surface area contributed by atoms with E-state index in [0.29, 0.717) is 17.9 Å². The van der Waals surface area contributed by atoms with E-state index in [2.05, 4.69) is 0 Å². The molecule has 0 radical (unpaired) electrons. The number of hydrogen-bond donors (Lipinski definition) is 2. The second-order valence-corrected chi connectivity index (χ2v) is 5.26. The normalized spacial score (nSPS) is 12.0. The minimum Gasteiger partial charge on any atom is -0.493 e. The van der Waals surface area contributed by atoms with Crippen LogP contribution in [-0.2, 0) is 14.3 Å². The van der Waals surface area contributed by atoms with Gasteiger partial charge in [0.15, 0.2) is 6.10 Å². The van der Waals surface area contributed by atoms with Crippen LogP contribution in [0.5, 0.6) is 5.75 Å². The Kier molecular flexibility index (Phi) is 7.48. The summed E-state index contributed by atoms with van der Waals surface area (Å²) in [5, 5.41) is 1.91. The summed E-state index contributed by atoms with van der Waals surface area (Å²) in [5.41, 5.74) is 5.61. The molecule has 0 saturated heterocycles. The van der Waals surface area contributed by atoms with Gasteiger partial charge in [0.25, 0.3) is 5.91 Å². The summed E-state index contributed by atoms with van der Waals surface area (Å²) < 4.78 is 10.6. The van der Waals surface area contributed by atoms with Crippen molar-refractivity contribution in [1.82, 2.24) is 5.32 Å². The van der Waals surface area contributed by atoms with Crippen molar-refractivity contribution in [2.45, 2.75) is 26.9 Å². The highest BCUT2D eigenvalue weighted by Crippen LogP contribution is 2.19. The number of nitrogens with one attached hydrogen (secondary N) is 1. The second-order valence-electron chi connectivity index (χ2n) is 5.26. The maximum atomic E-state index is 11.9. The molecule has 1 atom stereocenters. The zero-order chi connectivity index (χ0) is 18.1. The number of hydrogen-bond acceptors (Lipinski definition) is 5. The average molecular weight is 334 g/mol. The molecule has 0 spiro atoms. The number of nitrogens with two attached hydrogens (primary N) is 1. The molecule has 3 amide bonds. The molecule has 24 heavy (non-hydrogen) atoms. The molecule has 0 bridgehead atoms. The minimum absolute atomic E-state index is 0.322. The van der Waals surface area contributed by atoms with E-state index in [4.69, 9.17) is 15.2 Å². The van der Waals surface area contributed by atoms with Crippen molar-refractivity contribution in [2.24, 2.45) is 11.7 Å². The number of benzene rings is 1. The van der Waals surface area contributed by atoms with Gasteiger partial charge in [-0.1, -0.05) is 32.0 Å². The molecular formula is C17H22N2O5. The molecule has 0 aromatic heterocycles.